The summed E-state index contributed by atoms with van der Waals surface area (Å²) in [6, 6.07) is 0. The van der Waals surface area contributed by atoms with E-state index >= 15 is 0 Å². The molecule has 1 nitrogen and oxygen atoms in total. The lowest BCUT2D eigenvalue weighted by molar-refractivity contribution is 0.00493. The van der Waals surface area contributed by atoms with Gasteiger partial charge in [-0.25, -0.2) is 0 Å². The zero-order chi connectivity index (χ0) is 16.2. The second-order valence-electron chi connectivity index (χ2n) is 8.62. The Kier molecular flexibility index (Phi) is 6.41. The first kappa shape index (κ1) is 17.9. The van der Waals surface area contributed by atoms with Crippen LogP contribution in [0.3, 0.4) is 0 Å². The minimum atomic E-state index is 0.435. The molecule has 22 heavy (non-hydrogen) atoms. The Morgan fingerprint density at radius 2 is 1.45 bits per heavy atom. The molecule has 0 radical (unpaired) electrons. The molecule has 0 amide bonds. The van der Waals surface area contributed by atoms with Crippen molar-refractivity contribution in [2.75, 3.05) is 0 Å². The van der Waals surface area contributed by atoms with Gasteiger partial charge < -0.3 is 4.74 Å². The van der Waals surface area contributed by atoms with E-state index in [-0.39, 0.29) is 0 Å². The van der Waals surface area contributed by atoms with E-state index in [0.29, 0.717) is 11.5 Å². The molecule has 0 aromatic rings. The second-order valence-corrected chi connectivity index (χ2v) is 8.62. The lowest BCUT2D eigenvalue weighted by atomic mass is 9.59. The smallest absolute Gasteiger partial charge is 0.0982 e. The van der Waals surface area contributed by atoms with E-state index in [0.717, 1.165) is 23.5 Å². The predicted molar refractivity (Wildman–Crippen MR) is 95.8 cm³/mol. The number of hydrogen-bond donors (Lipinski definition) is 0. The van der Waals surface area contributed by atoms with Crippen LogP contribution in [0.25, 0.3) is 0 Å². The monoisotopic (exact) mass is 306 g/mol. The number of ether oxygens (including phenoxy) is 1. The Morgan fingerprint density at radius 1 is 0.955 bits per heavy atom. The van der Waals surface area contributed by atoms with Gasteiger partial charge in [-0.1, -0.05) is 53.0 Å². The Bertz CT molecular complexity index is 341. The summed E-state index contributed by atoms with van der Waals surface area (Å²) in [6.45, 7) is 13.3. The third-order valence-corrected chi connectivity index (χ3v) is 6.69. The number of allylic oxidation sites excluding steroid dienone is 1. The molecule has 0 bridgehead atoms. The Morgan fingerprint density at radius 3 is 1.91 bits per heavy atom. The van der Waals surface area contributed by atoms with Crippen LogP contribution < -0.4 is 0 Å². The molecule has 0 atom stereocenters. The molecule has 0 saturated heterocycles. The average molecular weight is 307 g/mol. The molecule has 1 heteroatoms. The lowest BCUT2D eigenvalue weighted by Gasteiger charge is -2.46. The maximum atomic E-state index is 5.84. The van der Waals surface area contributed by atoms with Crippen molar-refractivity contribution in [3.8, 4) is 0 Å². The molecule has 0 aromatic heterocycles. The Labute approximate surface area is 138 Å². The molecule has 128 valence electrons. The summed E-state index contributed by atoms with van der Waals surface area (Å²) in [5.41, 5.74) is 0.519. The normalized spacial score (nSPS) is 33.5. The van der Waals surface area contributed by atoms with Crippen LogP contribution in [-0.2, 0) is 4.74 Å². The summed E-state index contributed by atoms with van der Waals surface area (Å²) in [4.78, 5) is 0. The van der Waals surface area contributed by atoms with E-state index in [1.54, 1.807) is 0 Å². The number of hydrogen-bond acceptors (Lipinski definition) is 1. The zero-order valence-corrected chi connectivity index (χ0v) is 15.5. The Balaban J connectivity index is 1.82. The van der Waals surface area contributed by atoms with E-state index in [1.807, 2.05) is 6.92 Å². The van der Waals surface area contributed by atoms with Gasteiger partial charge in [0.1, 0.15) is 0 Å². The highest BCUT2D eigenvalue weighted by molar-refractivity contribution is 4.91. The fourth-order valence-electron chi connectivity index (χ4n) is 5.15. The van der Waals surface area contributed by atoms with Crippen molar-refractivity contribution in [3.63, 3.8) is 0 Å². The molecule has 0 aliphatic heterocycles. The third kappa shape index (κ3) is 4.52. The van der Waals surface area contributed by atoms with E-state index in [2.05, 4.69) is 27.4 Å². The van der Waals surface area contributed by atoms with Gasteiger partial charge in [0.2, 0.25) is 0 Å². The van der Waals surface area contributed by atoms with E-state index in [1.165, 1.54) is 64.2 Å². The molecule has 2 fully saturated rings. The average Bonchev–Trinajstić information content (AvgIpc) is 2.48. The van der Waals surface area contributed by atoms with Gasteiger partial charge in [-0.15, -0.1) is 0 Å². The first-order valence-electron chi connectivity index (χ1n) is 9.75. The van der Waals surface area contributed by atoms with Crippen LogP contribution in [0.15, 0.2) is 12.3 Å². The topological polar surface area (TPSA) is 9.23 Å². The molecular weight excluding hydrogens is 268 g/mol. The standard InChI is InChI=1S/C21H38O/c1-6-7-17-8-10-18(11-9-17)21(4,5)19-12-14-20(15-13-19)22-16(2)3/h17-20H,2,6-15H2,1,3-5H3. The summed E-state index contributed by atoms with van der Waals surface area (Å²) < 4.78 is 5.84. The maximum absolute atomic E-state index is 5.84. The predicted octanol–water partition coefficient (Wildman–Crippen LogP) is 6.73. The van der Waals surface area contributed by atoms with Crippen LogP contribution in [0, 0.1) is 23.2 Å². The quantitative estimate of drug-likeness (QED) is 0.494. The van der Waals surface area contributed by atoms with Crippen LogP contribution in [0.2, 0.25) is 0 Å². The summed E-state index contributed by atoms with van der Waals surface area (Å²) >= 11 is 0. The highest BCUT2D eigenvalue weighted by atomic mass is 16.5. The van der Waals surface area contributed by atoms with Crippen LogP contribution in [0.1, 0.15) is 91.9 Å². The summed E-state index contributed by atoms with van der Waals surface area (Å²) in [5.74, 6) is 3.75. The lowest BCUT2D eigenvalue weighted by Crippen LogP contribution is -2.38. The van der Waals surface area contributed by atoms with Gasteiger partial charge in [0.15, 0.2) is 0 Å². The first-order chi connectivity index (χ1) is 10.4. The van der Waals surface area contributed by atoms with Crippen molar-refractivity contribution < 1.29 is 4.74 Å². The van der Waals surface area contributed by atoms with Gasteiger partial charge >= 0.3 is 0 Å². The third-order valence-electron chi connectivity index (χ3n) is 6.69. The molecule has 2 rings (SSSR count). The van der Waals surface area contributed by atoms with E-state index in [9.17, 15) is 0 Å². The molecule has 0 spiro atoms. The fourth-order valence-corrected chi connectivity index (χ4v) is 5.15. The first-order valence-corrected chi connectivity index (χ1v) is 9.75. The molecule has 2 aliphatic carbocycles. The second kappa shape index (κ2) is 7.88. The van der Waals surface area contributed by atoms with Crippen LogP contribution >= 0.6 is 0 Å². The molecule has 0 unspecified atom stereocenters. The SMILES string of the molecule is C=C(C)OC1CCC(C(C)(C)C2CCC(CCC)CC2)CC1. The molecule has 0 N–H and O–H groups in total. The largest absolute Gasteiger partial charge is 0.496 e. The summed E-state index contributed by atoms with van der Waals surface area (Å²) in [6.07, 6.45) is 14.3. The number of rotatable bonds is 6. The Hall–Kier alpha value is -0.460. The van der Waals surface area contributed by atoms with Crippen molar-refractivity contribution in [2.45, 2.75) is 98.0 Å². The van der Waals surface area contributed by atoms with Gasteiger partial charge in [0, 0.05) is 0 Å². The van der Waals surface area contributed by atoms with Crippen molar-refractivity contribution >= 4 is 0 Å². The minimum absolute atomic E-state index is 0.435. The van der Waals surface area contributed by atoms with Gasteiger partial charge in [0.05, 0.1) is 11.9 Å². The van der Waals surface area contributed by atoms with E-state index in [4.69, 9.17) is 4.74 Å². The van der Waals surface area contributed by atoms with Crippen LogP contribution in [-0.4, -0.2) is 6.10 Å². The van der Waals surface area contributed by atoms with Gasteiger partial charge in [-0.2, -0.15) is 0 Å². The molecule has 2 aliphatic rings. The van der Waals surface area contributed by atoms with Crippen molar-refractivity contribution in [3.05, 3.63) is 12.3 Å². The summed E-state index contributed by atoms with van der Waals surface area (Å²) in [5, 5.41) is 0. The van der Waals surface area contributed by atoms with Crippen LogP contribution in [0.5, 0.6) is 0 Å². The molecular formula is C21H38O. The van der Waals surface area contributed by atoms with Crippen molar-refractivity contribution in [2.24, 2.45) is 23.2 Å². The minimum Gasteiger partial charge on any atom is -0.496 e. The highest BCUT2D eigenvalue weighted by Gasteiger charge is 2.40. The molecule has 0 heterocycles. The van der Waals surface area contributed by atoms with Crippen molar-refractivity contribution in [1.82, 2.24) is 0 Å². The van der Waals surface area contributed by atoms with Gasteiger partial charge in [-0.3, -0.25) is 0 Å². The van der Waals surface area contributed by atoms with Gasteiger partial charge in [0.25, 0.3) is 0 Å². The summed E-state index contributed by atoms with van der Waals surface area (Å²) in [7, 11) is 0. The highest BCUT2D eigenvalue weighted by Crippen LogP contribution is 2.49. The molecule has 0 aromatic carbocycles. The van der Waals surface area contributed by atoms with Crippen molar-refractivity contribution in [1.29, 1.82) is 0 Å². The molecule has 2 saturated carbocycles. The fraction of sp³-hybridized carbons (Fsp3) is 0.905. The van der Waals surface area contributed by atoms with Gasteiger partial charge in [-0.05, 0) is 68.6 Å². The van der Waals surface area contributed by atoms with E-state index < -0.39 is 0 Å². The maximum Gasteiger partial charge on any atom is 0.0982 e. The zero-order valence-electron chi connectivity index (χ0n) is 15.5. The van der Waals surface area contributed by atoms with Crippen LogP contribution in [0.4, 0.5) is 0 Å².